The zero-order valence-corrected chi connectivity index (χ0v) is 17.5. The monoisotopic (exact) mass is 385 g/mol. The van der Waals surface area contributed by atoms with Gasteiger partial charge in [-0.25, -0.2) is 0 Å². The first-order valence-corrected chi connectivity index (χ1v) is 9.83. The lowest BCUT2D eigenvalue weighted by atomic mass is 10.1. The number of nitrogens with zero attached hydrogens (tertiary/aromatic N) is 2. The van der Waals surface area contributed by atoms with Crippen LogP contribution in [0, 0.1) is 0 Å². The molecule has 0 aliphatic rings. The summed E-state index contributed by atoms with van der Waals surface area (Å²) in [6.45, 7) is 3.66. The van der Waals surface area contributed by atoms with Crippen molar-refractivity contribution in [2.75, 3.05) is 40.8 Å². The van der Waals surface area contributed by atoms with Crippen LogP contribution in [0.15, 0.2) is 54.6 Å². The third kappa shape index (κ3) is 7.97. The molecule has 0 saturated carbocycles. The van der Waals surface area contributed by atoms with Crippen LogP contribution in [0.5, 0.6) is 5.75 Å². The van der Waals surface area contributed by atoms with Gasteiger partial charge in [0.25, 0.3) is 0 Å². The molecule has 0 radical (unpaired) electrons. The van der Waals surface area contributed by atoms with Gasteiger partial charge in [-0.2, -0.15) is 0 Å². The molecule has 0 aliphatic heterocycles. The summed E-state index contributed by atoms with van der Waals surface area (Å²) in [4.78, 5) is 4.48. The van der Waals surface area contributed by atoms with Gasteiger partial charge < -0.3 is 19.9 Å². The van der Waals surface area contributed by atoms with E-state index in [-0.39, 0.29) is 0 Å². The topological polar surface area (TPSA) is 27.7 Å². The van der Waals surface area contributed by atoms with Crippen molar-refractivity contribution in [2.45, 2.75) is 19.4 Å². The Morgan fingerprint density at radius 2 is 1.67 bits per heavy atom. The molecular formula is C22H31N3OS. The molecule has 0 fully saturated rings. The maximum atomic E-state index is 5.69. The highest BCUT2D eigenvalue weighted by Gasteiger charge is 2.10. The molecule has 5 heteroatoms. The predicted molar refractivity (Wildman–Crippen MR) is 117 cm³/mol. The van der Waals surface area contributed by atoms with E-state index in [2.05, 4.69) is 65.6 Å². The fourth-order valence-corrected chi connectivity index (χ4v) is 3.11. The molecule has 2 aromatic rings. The minimum Gasteiger partial charge on any atom is -0.497 e. The molecule has 0 aliphatic carbocycles. The SMILES string of the molecule is COc1ccc(CCNC(=S)N(CCCN(C)C)Cc2ccccc2)cc1. The summed E-state index contributed by atoms with van der Waals surface area (Å²) >= 11 is 5.69. The lowest BCUT2D eigenvalue weighted by molar-refractivity contribution is 0.341. The van der Waals surface area contributed by atoms with E-state index >= 15 is 0 Å². The van der Waals surface area contributed by atoms with Crippen LogP contribution in [0.2, 0.25) is 0 Å². The van der Waals surface area contributed by atoms with Gasteiger partial charge in [0.05, 0.1) is 7.11 Å². The number of ether oxygens (including phenoxy) is 1. The first kappa shape index (κ1) is 21.2. The van der Waals surface area contributed by atoms with E-state index in [1.807, 2.05) is 18.2 Å². The van der Waals surface area contributed by atoms with Crippen molar-refractivity contribution in [1.82, 2.24) is 15.1 Å². The zero-order valence-electron chi connectivity index (χ0n) is 16.6. The molecule has 0 saturated heterocycles. The molecule has 4 nitrogen and oxygen atoms in total. The zero-order chi connectivity index (χ0) is 19.5. The van der Waals surface area contributed by atoms with Crippen molar-refractivity contribution in [1.29, 1.82) is 0 Å². The largest absolute Gasteiger partial charge is 0.497 e. The van der Waals surface area contributed by atoms with Crippen LogP contribution < -0.4 is 10.1 Å². The summed E-state index contributed by atoms with van der Waals surface area (Å²) in [7, 11) is 5.90. The second-order valence-electron chi connectivity index (χ2n) is 6.89. The molecule has 0 amide bonds. The lowest BCUT2D eigenvalue weighted by Gasteiger charge is -2.27. The van der Waals surface area contributed by atoms with Gasteiger partial charge >= 0.3 is 0 Å². The first-order chi connectivity index (χ1) is 13.1. The Morgan fingerprint density at radius 3 is 2.30 bits per heavy atom. The third-order valence-electron chi connectivity index (χ3n) is 4.39. The van der Waals surface area contributed by atoms with E-state index in [9.17, 15) is 0 Å². The Balaban J connectivity index is 1.86. The highest BCUT2D eigenvalue weighted by molar-refractivity contribution is 7.80. The second-order valence-corrected chi connectivity index (χ2v) is 7.28. The Labute approximate surface area is 169 Å². The summed E-state index contributed by atoms with van der Waals surface area (Å²) in [5.41, 5.74) is 2.55. The summed E-state index contributed by atoms with van der Waals surface area (Å²) < 4.78 is 5.21. The number of thiocarbonyl (C=S) groups is 1. The number of rotatable bonds is 10. The van der Waals surface area contributed by atoms with E-state index in [1.165, 1.54) is 11.1 Å². The normalized spacial score (nSPS) is 10.7. The Hall–Kier alpha value is -2.11. The van der Waals surface area contributed by atoms with Crippen molar-refractivity contribution in [2.24, 2.45) is 0 Å². The van der Waals surface area contributed by atoms with Crippen LogP contribution in [0.3, 0.4) is 0 Å². The van der Waals surface area contributed by atoms with Gasteiger partial charge in [0.15, 0.2) is 5.11 Å². The predicted octanol–water partition coefficient (Wildman–Crippen LogP) is 3.57. The molecule has 0 bridgehead atoms. The number of nitrogens with one attached hydrogen (secondary N) is 1. The lowest BCUT2D eigenvalue weighted by Crippen LogP contribution is -2.41. The average Bonchev–Trinajstić information content (AvgIpc) is 2.68. The molecule has 1 N–H and O–H groups in total. The van der Waals surface area contributed by atoms with Crippen molar-refractivity contribution in [3.05, 3.63) is 65.7 Å². The van der Waals surface area contributed by atoms with Crippen LogP contribution in [0.25, 0.3) is 0 Å². The second kappa shape index (κ2) is 11.6. The smallest absolute Gasteiger partial charge is 0.169 e. The molecule has 0 unspecified atom stereocenters. The van der Waals surface area contributed by atoms with Crippen molar-refractivity contribution in [3.63, 3.8) is 0 Å². The molecule has 2 rings (SSSR count). The number of benzene rings is 2. The molecule has 2 aromatic carbocycles. The number of hydrogen-bond donors (Lipinski definition) is 1. The molecular weight excluding hydrogens is 354 g/mol. The van der Waals surface area contributed by atoms with E-state index in [0.717, 1.165) is 49.9 Å². The third-order valence-corrected chi connectivity index (χ3v) is 4.79. The van der Waals surface area contributed by atoms with E-state index in [1.54, 1.807) is 7.11 Å². The Kier molecular flexibility index (Phi) is 9.08. The van der Waals surface area contributed by atoms with Gasteiger partial charge in [0.2, 0.25) is 0 Å². The van der Waals surface area contributed by atoms with Gasteiger partial charge in [-0.3, -0.25) is 0 Å². The van der Waals surface area contributed by atoms with Gasteiger partial charge in [-0.05, 0) is 69.0 Å². The summed E-state index contributed by atoms with van der Waals surface area (Å²) in [6.07, 6.45) is 2.02. The van der Waals surface area contributed by atoms with E-state index in [4.69, 9.17) is 17.0 Å². The van der Waals surface area contributed by atoms with Crippen LogP contribution in [0.1, 0.15) is 17.5 Å². The van der Waals surface area contributed by atoms with Crippen molar-refractivity contribution in [3.8, 4) is 5.75 Å². The molecule has 146 valence electrons. The van der Waals surface area contributed by atoms with Crippen LogP contribution >= 0.6 is 12.2 Å². The minimum atomic E-state index is 0.824. The quantitative estimate of drug-likeness (QED) is 0.631. The highest BCUT2D eigenvalue weighted by atomic mass is 32.1. The van der Waals surface area contributed by atoms with Gasteiger partial charge in [-0.15, -0.1) is 0 Å². The van der Waals surface area contributed by atoms with Gasteiger partial charge in [0.1, 0.15) is 5.75 Å². The fourth-order valence-electron chi connectivity index (χ4n) is 2.85. The molecule has 27 heavy (non-hydrogen) atoms. The van der Waals surface area contributed by atoms with Gasteiger partial charge in [-0.1, -0.05) is 42.5 Å². The van der Waals surface area contributed by atoms with Crippen LogP contribution in [0.4, 0.5) is 0 Å². The maximum absolute atomic E-state index is 5.69. The Morgan fingerprint density at radius 1 is 0.963 bits per heavy atom. The fraction of sp³-hybridized carbons (Fsp3) is 0.409. The highest BCUT2D eigenvalue weighted by Crippen LogP contribution is 2.11. The minimum absolute atomic E-state index is 0.824. The van der Waals surface area contributed by atoms with E-state index < -0.39 is 0 Å². The van der Waals surface area contributed by atoms with Crippen LogP contribution in [-0.4, -0.2) is 55.8 Å². The molecule has 0 spiro atoms. The Bertz CT molecular complexity index is 674. The summed E-state index contributed by atoms with van der Waals surface area (Å²) in [5, 5.41) is 4.26. The standard InChI is InChI=1S/C22H31N3OS/c1-24(2)16-7-17-25(18-20-8-5-4-6-9-20)22(27)23-15-14-19-10-12-21(26-3)13-11-19/h4-6,8-13H,7,14-18H2,1-3H3,(H,23,27). The van der Waals surface area contributed by atoms with Gasteiger partial charge in [0, 0.05) is 19.6 Å². The van der Waals surface area contributed by atoms with Crippen molar-refractivity contribution < 1.29 is 4.74 Å². The van der Waals surface area contributed by atoms with Crippen molar-refractivity contribution >= 4 is 17.3 Å². The van der Waals surface area contributed by atoms with E-state index in [0.29, 0.717) is 0 Å². The first-order valence-electron chi connectivity index (χ1n) is 9.43. The maximum Gasteiger partial charge on any atom is 0.169 e. The number of methoxy groups -OCH3 is 1. The number of hydrogen-bond acceptors (Lipinski definition) is 3. The van der Waals surface area contributed by atoms with Crippen LogP contribution in [-0.2, 0) is 13.0 Å². The molecule has 0 aromatic heterocycles. The molecule has 0 atom stereocenters. The summed E-state index contributed by atoms with van der Waals surface area (Å²) in [6, 6.07) is 18.7. The average molecular weight is 386 g/mol. The summed E-state index contributed by atoms with van der Waals surface area (Å²) in [5.74, 6) is 0.886. The molecule has 0 heterocycles.